The summed E-state index contributed by atoms with van der Waals surface area (Å²) in [5, 5.41) is 13.5. The zero-order chi connectivity index (χ0) is 16.8. The summed E-state index contributed by atoms with van der Waals surface area (Å²) in [6, 6.07) is 3.98. The molecule has 23 heavy (non-hydrogen) atoms. The lowest BCUT2D eigenvalue weighted by molar-refractivity contribution is -0.123. The summed E-state index contributed by atoms with van der Waals surface area (Å²) in [6.07, 6.45) is 2.83. The van der Waals surface area contributed by atoms with Gasteiger partial charge in [0.05, 0.1) is 3.57 Å². The van der Waals surface area contributed by atoms with Crippen LogP contribution in [0, 0.1) is 13.1 Å². The Kier molecular flexibility index (Phi) is 7.83. The van der Waals surface area contributed by atoms with Crippen LogP contribution >= 0.6 is 45.2 Å². The lowest BCUT2D eigenvalue weighted by Crippen LogP contribution is -2.39. The number of likely N-dealkylation sites (tertiary alicyclic amines) is 1. The highest BCUT2D eigenvalue weighted by atomic mass is 127. The fraction of sp³-hybridized carbons (Fsp3) is 0.562. The number of primary amides is 1. The molecule has 1 aliphatic heterocycles. The number of rotatable bonds is 7. The van der Waals surface area contributed by atoms with Crippen molar-refractivity contribution in [3.05, 3.63) is 24.8 Å². The predicted molar refractivity (Wildman–Crippen MR) is 108 cm³/mol. The Bertz CT molecular complexity index is 546. The summed E-state index contributed by atoms with van der Waals surface area (Å²) in [5.74, 6) is 0.292. The van der Waals surface area contributed by atoms with Crippen LogP contribution in [0.5, 0.6) is 5.75 Å². The van der Waals surface area contributed by atoms with Crippen LogP contribution in [0.1, 0.15) is 24.8 Å². The average Bonchev–Trinajstić information content (AvgIpc) is 2.52. The average molecular weight is 543 g/mol. The van der Waals surface area contributed by atoms with E-state index in [2.05, 4.69) is 55.4 Å². The summed E-state index contributed by atoms with van der Waals surface area (Å²) < 4.78 is 2.03. The predicted octanol–water partition coefficient (Wildman–Crippen LogP) is 2.28. The molecule has 1 aromatic rings. The van der Waals surface area contributed by atoms with Crippen LogP contribution in [0.3, 0.4) is 0 Å². The third-order valence-electron chi connectivity index (χ3n) is 4.24. The number of piperidine rings is 1. The van der Waals surface area contributed by atoms with Gasteiger partial charge in [-0.3, -0.25) is 4.79 Å². The number of nitrogens with one attached hydrogen (secondary N) is 1. The third-order valence-corrected chi connectivity index (χ3v) is 5.69. The van der Waals surface area contributed by atoms with Gasteiger partial charge in [-0.05, 0) is 103 Å². The zero-order valence-electron chi connectivity index (χ0n) is 13.0. The van der Waals surface area contributed by atoms with Gasteiger partial charge in [0, 0.05) is 21.6 Å². The van der Waals surface area contributed by atoms with Crippen molar-refractivity contribution in [2.75, 3.05) is 26.2 Å². The van der Waals surface area contributed by atoms with Gasteiger partial charge in [-0.25, -0.2) is 0 Å². The van der Waals surface area contributed by atoms with Crippen LogP contribution in [0.4, 0.5) is 0 Å². The molecule has 0 spiro atoms. The molecule has 1 aliphatic rings. The van der Waals surface area contributed by atoms with Crippen LogP contribution in [0.2, 0.25) is 0 Å². The molecule has 128 valence electrons. The van der Waals surface area contributed by atoms with E-state index in [1.807, 2.05) is 12.1 Å². The number of carbonyl (C=O) groups excluding carboxylic acids is 1. The molecule has 0 atom stereocenters. The van der Waals surface area contributed by atoms with E-state index in [0.717, 1.165) is 58.1 Å². The van der Waals surface area contributed by atoms with E-state index in [4.69, 9.17) is 5.73 Å². The maximum Gasteiger partial charge on any atom is 0.220 e. The summed E-state index contributed by atoms with van der Waals surface area (Å²) in [5.41, 5.74) is 6.30. The number of phenols is 1. The van der Waals surface area contributed by atoms with Crippen molar-refractivity contribution < 1.29 is 9.90 Å². The molecule has 5 nitrogen and oxygen atoms in total. The molecule has 1 amide bonds. The van der Waals surface area contributed by atoms with Gasteiger partial charge in [0.25, 0.3) is 0 Å². The van der Waals surface area contributed by atoms with Crippen LogP contribution in [0.15, 0.2) is 12.1 Å². The minimum Gasteiger partial charge on any atom is -0.507 e. The van der Waals surface area contributed by atoms with Gasteiger partial charge in [0.2, 0.25) is 5.91 Å². The zero-order valence-corrected chi connectivity index (χ0v) is 17.3. The Balaban J connectivity index is 1.64. The second-order valence-corrected chi connectivity index (χ2v) is 8.35. The lowest BCUT2D eigenvalue weighted by Gasteiger charge is -2.30. The summed E-state index contributed by atoms with van der Waals surface area (Å²) in [7, 11) is 0. The van der Waals surface area contributed by atoms with E-state index in [9.17, 15) is 9.90 Å². The van der Waals surface area contributed by atoms with Gasteiger partial charge in [-0.15, -0.1) is 0 Å². The second-order valence-electron chi connectivity index (χ2n) is 5.94. The largest absolute Gasteiger partial charge is 0.507 e. The number of halogens is 2. The van der Waals surface area contributed by atoms with Gasteiger partial charge in [0.15, 0.2) is 0 Å². The van der Waals surface area contributed by atoms with Crippen molar-refractivity contribution >= 4 is 51.1 Å². The molecule has 1 heterocycles. The molecule has 0 aliphatic carbocycles. The smallest absolute Gasteiger partial charge is 0.220 e. The molecule has 0 saturated carbocycles. The highest BCUT2D eigenvalue weighted by Crippen LogP contribution is 2.26. The molecule has 0 aromatic heterocycles. The maximum absolute atomic E-state index is 11.1. The Hall–Kier alpha value is -0.130. The number of aromatic hydroxyl groups is 1. The second kappa shape index (κ2) is 9.38. The molecule has 4 N–H and O–H groups in total. The molecule has 7 heteroatoms. The van der Waals surface area contributed by atoms with Crippen LogP contribution in [-0.4, -0.2) is 42.1 Å². The fourth-order valence-corrected chi connectivity index (χ4v) is 4.81. The summed E-state index contributed by atoms with van der Waals surface area (Å²) in [6.45, 7) is 4.56. The number of nitrogens with zero attached hydrogens (tertiary/aromatic N) is 1. The maximum atomic E-state index is 11.1. The highest BCUT2D eigenvalue weighted by Gasteiger charge is 2.22. The SMILES string of the molecule is NC(=O)C1CCN(CCCNCc2cc(I)cc(I)c2O)CC1. The first kappa shape index (κ1) is 19.2. The summed E-state index contributed by atoms with van der Waals surface area (Å²) in [4.78, 5) is 13.5. The third kappa shape index (κ3) is 6.02. The van der Waals surface area contributed by atoms with Gasteiger partial charge in [-0.2, -0.15) is 0 Å². The number of amides is 1. The summed E-state index contributed by atoms with van der Waals surface area (Å²) >= 11 is 4.43. The van der Waals surface area contributed by atoms with Gasteiger partial charge < -0.3 is 21.1 Å². The fourth-order valence-electron chi connectivity index (χ4n) is 2.85. The lowest BCUT2D eigenvalue weighted by atomic mass is 9.96. The van der Waals surface area contributed by atoms with Gasteiger partial charge in [0.1, 0.15) is 5.75 Å². The monoisotopic (exact) mass is 543 g/mol. The van der Waals surface area contributed by atoms with Crippen molar-refractivity contribution in [3.63, 3.8) is 0 Å². The number of benzene rings is 1. The number of carbonyl (C=O) groups is 1. The number of phenolic OH excluding ortho intramolecular Hbond substituents is 1. The first-order valence-corrected chi connectivity index (χ1v) is 10.0. The quantitative estimate of drug-likeness (QED) is 0.365. The Morgan fingerprint density at radius 2 is 2.04 bits per heavy atom. The van der Waals surface area contributed by atoms with E-state index in [-0.39, 0.29) is 11.8 Å². The Morgan fingerprint density at radius 3 is 2.70 bits per heavy atom. The normalized spacial score (nSPS) is 16.6. The molecule has 1 aromatic carbocycles. The minimum absolute atomic E-state index is 0.0652. The topological polar surface area (TPSA) is 78.6 Å². The standard InChI is InChI=1S/C16H23I2N3O2/c17-13-8-12(15(22)14(18)9-13)10-20-4-1-5-21-6-2-11(3-7-21)16(19)23/h8-9,11,20,22H,1-7,10H2,(H2,19,23). The molecule has 2 rings (SSSR count). The highest BCUT2D eigenvalue weighted by molar-refractivity contribution is 14.1. The van der Waals surface area contributed by atoms with Crippen molar-refractivity contribution in [2.24, 2.45) is 11.7 Å². The minimum atomic E-state index is -0.154. The van der Waals surface area contributed by atoms with Gasteiger partial charge in [-0.1, -0.05) is 0 Å². The molecule has 1 fully saturated rings. The van der Waals surface area contributed by atoms with Crippen molar-refractivity contribution in [3.8, 4) is 5.75 Å². The van der Waals surface area contributed by atoms with Gasteiger partial charge >= 0.3 is 0 Å². The van der Waals surface area contributed by atoms with E-state index < -0.39 is 0 Å². The van der Waals surface area contributed by atoms with Crippen LogP contribution in [-0.2, 0) is 11.3 Å². The number of hydrogen-bond donors (Lipinski definition) is 3. The van der Waals surface area contributed by atoms with Crippen LogP contribution < -0.4 is 11.1 Å². The first-order chi connectivity index (χ1) is 11.0. The molecular formula is C16H23I2N3O2. The van der Waals surface area contributed by atoms with E-state index in [0.29, 0.717) is 12.3 Å². The molecule has 0 unspecified atom stereocenters. The molecule has 0 radical (unpaired) electrons. The van der Waals surface area contributed by atoms with Crippen LogP contribution in [0.25, 0.3) is 0 Å². The van der Waals surface area contributed by atoms with Crippen molar-refractivity contribution in [2.45, 2.75) is 25.8 Å². The Labute approximate surface area is 164 Å². The van der Waals surface area contributed by atoms with E-state index >= 15 is 0 Å². The van der Waals surface area contributed by atoms with Crippen molar-refractivity contribution in [1.29, 1.82) is 0 Å². The molecular weight excluding hydrogens is 520 g/mol. The molecule has 1 saturated heterocycles. The van der Waals surface area contributed by atoms with E-state index in [1.54, 1.807) is 0 Å². The van der Waals surface area contributed by atoms with E-state index in [1.165, 1.54) is 0 Å². The van der Waals surface area contributed by atoms with Crippen molar-refractivity contribution in [1.82, 2.24) is 10.2 Å². The molecule has 0 bridgehead atoms. The number of nitrogens with two attached hydrogens (primary N) is 1. The first-order valence-electron chi connectivity index (χ1n) is 7.86. The Morgan fingerprint density at radius 1 is 1.35 bits per heavy atom. The number of hydrogen-bond acceptors (Lipinski definition) is 4.